The van der Waals surface area contributed by atoms with Gasteiger partial charge in [0.1, 0.15) is 12.4 Å². The van der Waals surface area contributed by atoms with E-state index in [0.717, 1.165) is 42.5 Å². The molecule has 1 amide bonds. The fourth-order valence-corrected chi connectivity index (χ4v) is 3.40. The van der Waals surface area contributed by atoms with Gasteiger partial charge in [0.25, 0.3) is 0 Å². The smallest absolute Gasteiger partial charge is 0.228 e. The fourth-order valence-electron chi connectivity index (χ4n) is 2.84. The number of hydrogen-bond acceptors (Lipinski definition) is 4. The lowest BCUT2D eigenvalue weighted by molar-refractivity contribution is -0.115. The first-order chi connectivity index (χ1) is 14.1. The average Bonchev–Trinajstić information content (AvgIpc) is 2.70. The molecule has 2 aromatic carbocycles. The molecule has 29 heavy (non-hydrogen) atoms. The zero-order valence-electron chi connectivity index (χ0n) is 16.6. The van der Waals surface area contributed by atoms with Crippen LogP contribution in [0.2, 0.25) is 5.02 Å². The SMILES string of the molecule is NCCCCCCNCCOc1ccc(Br)cc1NC(=O)Cc1ccccc1Cl. The first-order valence-electron chi connectivity index (χ1n) is 9.96. The normalized spacial score (nSPS) is 10.7. The first kappa shape index (κ1) is 23.7. The number of halogens is 2. The van der Waals surface area contributed by atoms with Crippen molar-refractivity contribution >= 4 is 39.1 Å². The highest BCUT2D eigenvalue weighted by molar-refractivity contribution is 9.10. The first-order valence-corrected chi connectivity index (χ1v) is 11.1. The summed E-state index contributed by atoms with van der Waals surface area (Å²) < 4.78 is 6.74. The number of nitrogens with one attached hydrogen (secondary N) is 2. The Bertz CT molecular complexity index is 773. The van der Waals surface area contributed by atoms with Gasteiger partial charge in [-0.15, -0.1) is 0 Å². The summed E-state index contributed by atoms with van der Waals surface area (Å²) in [5.41, 5.74) is 6.92. The van der Waals surface area contributed by atoms with E-state index in [4.69, 9.17) is 22.1 Å². The van der Waals surface area contributed by atoms with E-state index in [-0.39, 0.29) is 12.3 Å². The molecule has 158 valence electrons. The van der Waals surface area contributed by atoms with Gasteiger partial charge in [-0.25, -0.2) is 0 Å². The summed E-state index contributed by atoms with van der Waals surface area (Å²) in [6.45, 7) is 3.01. The Morgan fingerprint density at radius 2 is 1.86 bits per heavy atom. The Balaban J connectivity index is 1.79. The lowest BCUT2D eigenvalue weighted by Crippen LogP contribution is -2.22. The minimum atomic E-state index is -0.142. The maximum absolute atomic E-state index is 12.5. The number of carbonyl (C=O) groups excluding carboxylic acids is 1. The molecule has 0 unspecified atom stereocenters. The molecule has 0 saturated heterocycles. The second kappa shape index (κ2) is 13.6. The van der Waals surface area contributed by atoms with Crippen LogP contribution in [-0.2, 0) is 11.2 Å². The zero-order chi connectivity index (χ0) is 20.9. The number of benzene rings is 2. The second-order valence-electron chi connectivity index (χ2n) is 6.76. The topological polar surface area (TPSA) is 76.4 Å². The van der Waals surface area contributed by atoms with Crippen LogP contribution in [-0.4, -0.2) is 32.1 Å². The molecule has 0 saturated carbocycles. The summed E-state index contributed by atoms with van der Waals surface area (Å²) in [4.78, 5) is 12.5. The van der Waals surface area contributed by atoms with Crippen molar-refractivity contribution in [3.05, 3.63) is 57.5 Å². The summed E-state index contributed by atoms with van der Waals surface area (Å²) in [6, 6.07) is 12.9. The van der Waals surface area contributed by atoms with Crippen LogP contribution in [0.25, 0.3) is 0 Å². The number of rotatable bonds is 13. The lowest BCUT2D eigenvalue weighted by atomic mass is 10.1. The lowest BCUT2D eigenvalue weighted by Gasteiger charge is -2.14. The maximum atomic E-state index is 12.5. The van der Waals surface area contributed by atoms with Gasteiger partial charge in [0.15, 0.2) is 0 Å². The Morgan fingerprint density at radius 1 is 1.07 bits per heavy atom. The molecule has 0 fully saturated rings. The molecule has 0 aliphatic carbocycles. The third-order valence-electron chi connectivity index (χ3n) is 4.37. The molecule has 2 rings (SSSR count). The number of carbonyl (C=O) groups is 1. The van der Waals surface area contributed by atoms with Crippen LogP contribution in [0.15, 0.2) is 46.9 Å². The van der Waals surface area contributed by atoms with Crippen molar-refractivity contribution in [3.8, 4) is 5.75 Å². The minimum absolute atomic E-state index is 0.142. The molecule has 0 spiro atoms. The number of amides is 1. The van der Waals surface area contributed by atoms with Gasteiger partial charge >= 0.3 is 0 Å². The van der Waals surface area contributed by atoms with Crippen LogP contribution >= 0.6 is 27.5 Å². The van der Waals surface area contributed by atoms with Gasteiger partial charge < -0.3 is 21.1 Å². The Morgan fingerprint density at radius 3 is 2.66 bits per heavy atom. The number of hydrogen-bond donors (Lipinski definition) is 3. The van der Waals surface area contributed by atoms with E-state index in [9.17, 15) is 4.79 Å². The van der Waals surface area contributed by atoms with Crippen LogP contribution in [0.4, 0.5) is 5.69 Å². The molecule has 0 aromatic heterocycles. The van der Waals surface area contributed by atoms with Gasteiger partial charge in [-0.1, -0.05) is 58.6 Å². The number of unbranched alkanes of at least 4 members (excludes halogenated alkanes) is 3. The molecule has 0 aliphatic rings. The van der Waals surface area contributed by atoms with Crippen molar-refractivity contribution in [2.45, 2.75) is 32.1 Å². The molecule has 0 radical (unpaired) electrons. The highest BCUT2D eigenvalue weighted by Crippen LogP contribution is 2.28. The molecule has 7 heteroatoms. The summed E-state index contributed by atoms with van der Waals surface area (Å²) in [5, 5.41) is 6.89. The molecule has 0 heterocycles. The van der Waals surface area contributed by atoms with Gasteiger partial charge in [0.2, 0.25) is 5.91 Å². The Labute approximate surface area is 186 Å². The summed E-state index contributed by atoms with van der Waals surface area (Å²) in [7, 11) is 0. The van der Waals surface area contributed by atoms with Crippen molar-refractivity contribution in [2.75, 3.05) is 31.6 Å². The molecule has 0 bridgehead atoms. The zero-order valence-corrected chi connectivity index (χ0v) is 18.9. The average molecular weight is 483 g/mol. The monoisotopic (exact) mass is 481 g/mol. The van der Waals surface area contributed by atoms with E-state index >= 15 is 0 Å². The van der Waals surface area contributed by atoms with E-state index < -0.39 is 0 Å². The molecule has 0 atom stereocenters. The summed E-state index contributed by atoms with van der Waals surface area (Å²) >= 11 is 9.59. The van der Waals surface area contributed by atoms with Gasteiger partial charge in [-0.2, -0.15) is 0 Å². The predicted molar refractivity (Wildman–Crippen MR) is 124 cm³/mol. The molecular formula is C22H29BrClN3O2. The van der Waals surface area contributed by atoms with Crippen LogP contribution in [0.3, 0.4) is 0 Å². The van der Waals surface area contributed by atoms with E-state index in [0.29, 0.717) is 23.1 Å². The highest BCUT2D eigenvalue weighted by Gasteiger charge is 2.11. The maximum Gasteiger partial charge on any atom is 0.228 e. The third-order valence-corrected chi connectivity index (χ3v) is 5.23. The van der Waals surface area contributed by atoms with Gasteiger partial charge in [0, 0.05) is 16.0 Å². The highest BCUT2D eigenvalue weighted by atomic mass is 79.9. The minimum Gasteiger partial charge on any atom is -0.490 e. The summed E-state index contributed by atoms with van der Waals surface area (Å²) in [6.07, 6.45) is 4.82. The Kier molecular flexibility index (Phi) is 11.1. The van der Waals surface area contributed by atoms with Gasteiger partial charge in [0.05, 0.1) is 12.1 Å². The number of ether oxygens (including phenoxy) is 1. The largest absolute Gasteiger partial charge is 0.490 e. The third kappa shape index (κ3) is 9.17. The van der Waals surface area contributed by atoms with Crippen molar-refractivity contribution in [3.63, 3.8) is 0 Å². The van der Waals surface area contributed by atoms with Crippen molar-refractivity contribution < 1.29 is 9.53 Å². The molecule has 4 N–H and O–H groups in total. The van der Waals surface area contributed by atoms with Crippen LogP contribution in [0.1, 0.15) is 31.2 Å². The van der Waals surface area contributed by atoms with Crippen molar-refractivity contribution in [2.24, 2.45) is 5.73 Å². The van der Waals surface area contributed by atoms with E-state index in [1.807, 2.05) is 36.4 Å². The molecule has 0 aliphatic heterocycles. The van der Waals surface area contributed by atoms with Crippen molar-refractivity contribution in [1.29, 1.82) is 0 Å². The molecule has 5 nitrogen and oxygen atoms in total. The summed E-state index contributed by atoms with van der Waals surface area (Å²) in [5.74, 6) is 0.502. The van der Waals surface area contributed by atoms with Gasteiger partial charge in [-0.3, -0.25) is 4.79 Å². The predicted octanol–water partition coefficient (Wildman–Crippen LogP) is 4.77. The van der Waals surface area contributed by atoms with Crippen LogP contribution in [0, 0.1) is 0 Å². The number of nitrogens with two attached hydrogens (primary N) is 1. The fraction of sp³-hybridized carbons (Fsp3) is 0.409. The second-order valence-corrected chi connectivity index (χ2v) is 8.08. The number of anilines is 1. The van der Waals surface area contributed by atoms with Gasteiger partial charge in [-0.05, 0) is 55.8 Å². The van der Waals surface area contributed by atoms with Crippen LogP contribution < -0.4 is 21.1 Å². The quantitative estimate of drug-likeness (QED) is 0.359. The van der Waals surface area contributed by atoms with Crippen LogP contribution in [0.5, 0.6) is 5.75 Å². The van der Waals surface area contributed by atoms with E-state index in [2.05, 4.69) is 26.6 Å². The molecule has 2 aromatic rings. The molecular weight excluding hydrogens is 454 g/mol. The van der Waals surface area contributed by atoms with E-state index in [1.165, 1.54) is 12.8 Å². The standard InChI is InChI=1S/C22H29BrClN3O2/c23-18-9-10-21(29-14-13-26-12-6-2-1-5-11-25)20(16-18)27-22(28)15-17-7-3-4-8-19(17)24/h3-4,7-10,16,26H,1-2,5-6,11-15,25H2,(H,27,28). The Hall–Kier alpha value is -1.60. The van der Waals surface area contributed by atoms with E-state index in [1.54, 1.807) is 6.07 Å². The van der Waals surface area contributed by atoms with Crippen molar-refractivity contribution in [1.82, 2.24) is 5.32 Å².